The monoisotopic (exact) mass is 303 g/mol. The number of carbonyl (C=O) groups is 2. The van der Waals surface area contributed by atoms with Crippen molar-refractivity contribution in [2.45, 2.75) is 52.0 Å². The molecule has 2 amide bonds. The van der Waals surface area contributed by atoms with Crippen LogP contribution in [0.1, 0.15) is 67.4 Å². The summed E-state index contributed by atoms with van der Waals surface area (Å²) in [6.07, 6.45) is 4.42. The maximum atomic E-state index is 12.5. The quantitative estimate of drug-likeness (QED) is 0.913. The molecule has 0 aromatic carbocycles. The Labute approximate surface area is 132 Å². The van der Waals surface area contributed by atoms with Crippen LogP contribution in [0.4, 0.5) is 0 Å². The molecule has 1 N–H and O–H groups in total. The molecule has 1 aromatic rings. The lowest BCUT2D eigenvalue weighted by molar-refractivity contribution is 0.0755. The van der Waals surface area contributed by atoms with Gasteiger partial charge in [0.1, 0.15) is 11.4 Å². The fraction of sp³-hybridized carbons (Fsp3) is 0.588. The Morgan fingerprint density at radius 3 is 2.23 bits per heavy atom. The van der Waals surface area contributed by atoms with E-state index in [1.165, 1.54) is 12.8 Å². The van der Waals surface area contributed by atoms with E-state index in [1.807, 2.05) is 25.7 Å². The molecule has 1 fully saturated rings. The van der Waals surface area contributed by atoms with Gasteiger partial charge in [0.2, 0.25) is 0 Å². The van der Waals surface area contributed by atoms with Gasteiger partial charge in [0.15, 0.2) is 0 Å². The first kappa shape index (κ1) is 16.5. The van der Waals surface area contributed by atoms with Gasteiger partial charge in [-0.25, -0.2) is 4.98 Å². The SMILES string of the molecule is CC(C)(C)NC(=O)c1cccc(C(=O)N2CCCCCC2)n1. The maximum absolute atomic E-state index is 12.5. The van der Waals surface area contributed by atoms with Crippen molar-refractivity contribution < 1.29 is 9.59 Å². The highest BCUT2D eigenvalue weighted by Gasteiger charge is 2.21. The van der Waals surface area contributed by atoms with Crippen LogP contribution in [0, 0.1) is 0 Å². The van der Waals surface area contributed by atoms with Crippen molar-refractivity contribution in [2.75, 3.05) is 13.1 Å². The number of carbonyl (C=O) groups excluding carboxylic acids is 2. The molecule has 120 valence electrons. The minimum absolute atomic E-state index is 0.0766. The van der Waals surface area contributed by atoms with Gasteiger partial charge in [0.25, 0.3) is 11.8 Å². The van der Waals surface area contributed by atoms with E-state index in [0.29, 0.717) is 5.69 Å². The third kappa shape index (κ3) is 4.55. The average Bonchev–Trinajstić information content (AvgIpc) is 2.74. The van der Waals surface area contributed by atoms with Gasteiger partial charge in [0.05, 0.1) is 0 Å². The lowest BCUT2D eigenvalue weighted by Gasteiger charge is -2.21. The van der Waals surface area contributed by atoms with Crippen molar-refractivity contribution in [2.24, 2.45) is 0 Å². The number of pyridine rings is 1. The van der Waals surface area contributed by atoms with Gasteiger partial charge < -0.3 is 10.2 Å². The predicted octanol–water partition coefficient (Wildman–Crippen LogP) is 2.63. The molecule has 5 nitrogen and oxygen atoms in total. The van der Waals surface area contributed by atoms with Crippen LogP contribution in [0.25, 0.3) is 0 Å². The fourth-order valence-electron chi connectivity index (χ4n) is 2.52. The number of nitrogens with one attached hydrogen (secondary N) is 1. The van der Waals surface area contributed by atoms with Crippen LogP contribution < -0.4 is 5.32 Å². The average molecular weight is 303 g/mol. The number of hydrogen-bond acceptors (Lipinski definition) is 3. The zero-order valence-electron chi connectivity index (χ0n) is 13.7. The lowest BCUT2D eigenvalue weighted by atomic mass is 10.1. The Morgan fingerprint density at radius 2 is 1.64 bits per heavy atom. The van der Waals surface area contributed by atoms with Crippen LogP contribution in [-0.2, 0) is 0 Å². The van der Waals surface area contributed by atoms with Crippen LogP contribution in [0.15, 0.2) is 18.2 Å². The standard InChI is InChI=1S/C17H25N3O2/c1-17(2,3)19-15(21)13-9-8-10-14(18-13)16(22)20-11-6-4-5-7-12-20/h8-10H,4-7,11-12H2,1-3H3,(H,19,21). The third-order valence-corrected chi connectivity index (χ3v) is 3.58. The third-order valence-electron chi connectivity index (χ3n) is 3.58. The summed E-state index contributed by atoms with van der Waals surface area (Å²) in [7, 11) is 0. The summed E-state index contributed by atoms with van der Waals surface area (Å²) in [4.78, 5) is 30.8. The highest BCUT2D eigenvalue weighted by Crippen LogP contribution is 2.13. The Balaban J connectivity index is 2.13. The van der Waals surface area contributed by atoms with Crippen LogP contribution >= 0.6 is 0 Å². The van der Waals surface area contributed by atoms with Crippen LogP contribution in [0.2, 0.25) is 0 Å². The van der Waals surface area contributed by atoms with E-state index >= 15 is 0 Å². The topological polar surface area (TPSA) is 62.3 Å². The lowest BCUT2D eigenvalue weighted by Crippen LogP contribution is -2.41. The second-order valence-corrected chi connectivity index (χ2v) is 6.82. The zero-order valence-corrected chi connectivity index (χ0v) is 13.7. The van der Waals surface area contributed by atoms with Crippen LogP contribution in [-0.4, -0.2) is 40.3 Å². The minimum atomic E-state index is -0.330. The fourth-order valence-corrected chi connectivity index (χ4v) is 2.52. The summed E-state index contributed by atoms with van der Waals surface area (Å²) in [5.41, 5.74) is 0.308. The van der Waals surface area contributed by atoms with Gasteiger partial charge in [-0.2, -0.15) is 0 Å². The minimum Gasteiger partial charge on any atom is -0.346 e. The van der Waals surface area contributed by atoms with E-state index in [2.05, 4.69) is 10.3 Å². The summed E-state index contributed by atoms with van der Waals surface area (Å²) < 4.78 is 0. The predicted molar refractivity (Wildman–Crippen MR) is 85.8 cm³/mol. The van der Waals surface area contributed by atoms with E-state index in [9.17, 15) is 9.59 Å². The second kappa shape index (κ2) is 6.90. The number of aromatic nitrogens is 1. The molecule has 2 heterocycles. The first-order valence-corrected chi connectivity index (χ1v) is 7.96. The van der Waals surface area contributed by atoms with E-state index in [0.717, 1.165) is 25.9 Å². The van der Waals surface area contributed by atoms with Crippen LogP contribution in [0.5, 0.6) is 0 Å². The van der Waals surface area contributed by atoms with Gasteiger partial charge in [-0.3, -0.25) is 9.59 Å². The van der Waals surface area contributed by atoms with E-state index in [1.54, 1.807) is 18.2 Å². The number of hydrogen-bond donors (Lipinski definition) is 1. The van der Waals surface area contributed by atoms with Gasteiger partial charge in [0, 0.05) is 18.6 Å². The Hall–Kier alpha value is -1.91. The second-order valence-electron chi connectivity index (χ2n) is 6.82. The molecule has 22 heavy (non-hydrogen) atoms. The van der Waals surface area contributed by atoms with E-state index in [-0.39, 0.29) is 23.0 Å². The molecule has 0 unspecified atom stereocenters. The molecule has 1 aromatic heterocycles. The normalized spacial score (nSPS) is 16.0. The smallest absolute Gasteiger partial charge is 0.272 e. The Kier molecular flexibility index (Phi) is 5.16. The highest BCUT2D eigenvalue weighted by molar-refractivity contribution is 5.96. The van der Waals surface area contributed by atoms with Gasteiger partial charge in [-0.1, -0.05) is 18.9 Å². The summed E-state index contributed by atoms with van der Waals surface area (Å²) >= 11 is 0. The van der Waals surface area contributed by atoms with Crippen molar-refractivity contribution in [1.29, 1.82) is 0 Å². The van der Waals surface area contributed by atoms with Crippen molar-refractivity contribution in [3.05, 3.63) is 29.6 Å². The van der Waals surface area contributed by atoms with Crippen molar-refractivity contribution in [3.8, 4) is 0 Å². The largest absolute Gasteiger partial charge is 0.346 e. The number of likely N-dealkylation sites (tertiary alicyclic amines) is 1. The summed E-state index contributed by atoms with van der Waals surface area (Å²) in [6.45, 7) is 7.29. The van der Waals surface area contributed by atoms with Gasteiger partial charge in [-0.15, -0.1) is 0 Å². The summed E-state index contributed by atoms with van der Waals surface area (Å²) in [6, 6.07) is 5.04. The molecule has 0 aliphatic carbocycles. The van der Waals surface area contributed by atoms with Crippen LogP contribution in [0.3, 0.4) is 0 Å². The summed E-state index contributed by atoms with van der Waals surface area (Å²) in [5, 5.41) is 2.86. The number of nitrogens with zero attached hydrogens (tertiary/aromatic N) is 2. The first-order valence-electron chi connectivity index (χ1n) is 7.96. The van der Waals surface area contributed by atoms with Gasteiger partial charge >= 0.3 is 0 Å². The molecule has 1 saturated heterocycles. The molecule has 0 bridgehead atoms. The summed E-state index contributed by atoms with van der Waals surface area (Å²) in [5.74, 6) is -0.328. The Bertz CT molecular complexity index is 541. The molecular formula is C17H25N3O2. The number of amides is 2. The molecule has 0 radical (unpaired) electrons. The zero-order chi connectivity index (χ0) is 16.2. The Morgan fingerprint density at radius 1 is 1.05 bits per heavy atom. The molecule has 1 aliphatic rings. The molecule has 1 aliphatic heterocycles. The molecule has 0 spiro atoms. The molecule has 2 rings (SSSR count). The van der Waals surface area contributed by atoms with Crippen molar-refractivity contribution in [3.63, 3.8) is 0 Å². The molecule has 5 heteroatoms. The molecular weight excluding hydrogens is 278 g/mol. The van der Waals surface area contributed by atoms with E-state index in [4.69, 9.17) is 0 Å². The van der Waals surface area contributed by atoms with E-state index < -0.39 is 0 Å². The molecule has 0 saturated carbocycles. The molecule has 0 atom stereocenters. The maximum Gasteiger partial charge on any atom is 0.272 e. The first-order chi connectivity index (χ1) is 10.4. The van der Waals surface area contributed by atoms with Gasteiger partial charge in [-0.05, 0) is 45.7 Å². The van der Waals surface area contributed by atoms with Crippen molar-refractivity contribution in [1.82, 2.24) is 15.2 Å². The number of rotatable bonds is 2. The van der Waals surface area contributed by atoms with Crippen molar-refractivity contribution >= 4 is 11.8 Å². The highest BCUT2D eigenvalue weighted by atomic mass is 16.2.